The van der Waals surface area contributed by atoms with E-state index < -0.39 is 23.8 Å². The van der Waals surface area contributed by atoms with E-state index in [1.165, 1.54) is 12.8 Å². The van der Waals surface area contributed by atoms with Gasteiger partial charge in [-0.1, -0.05) is 0 Å². The first-order valence-electron chi connectivity index (χ1n) is 21.5. The molecular weight excluding hydrogens is 749 g/mol. The van der Waals surface area contributed by atoms with Crippen molar-refractivity contribution in [2.24, 2.45) is 11.8 Å². The minimum absolute atomic E-state index is 0.109. The summed E-state index contributed by atoms with van der Waals surface area (Å²) in [6, 6.07) is 13.1. The molecule has 5 aliphatic heterocycles. The normalized spacial score (nSPS) is 24.0. The van der Waals surface area contributed by atoms with Gasteiger partial charge in [0.25, 0.3) is 11.8 Å². The number of fused-ring (bicyclic) bond motifs is 2. The van der Waals surface area contributed by atoms with Crippen molar-refractivity contribution in [2.45, 2.75) is 76.5 Å². The Bertz CT molecular complexity index is 2280. The fourth-order valence-corrected chi connectivity index (χ4v) is 9.84. The Morgan fingerprint density at radius 3 is 2.32 bits per heavy atom. The summed E-state index contributed by atoms with van der Waals surface area (Å²) in [6.45, 7) is 11.6. The van der Waals surface area contributed by atoms with Gasteiger partial charge in [-0.25, -0.2) is 9.97 Å². The molecule has 6 aliphatic rings. The van der Waals surface area contributed by atoms with Crippen molar-refractivity contribution in [3.8, 4) is 17.1 Å². The van der Waals surface area contributed by atoms with Gasteiger partial charge in [-0.15, -0.1) is 0 Å². The fraction of sp³-hybridized carbons (Fsp3) is 0.523. The van der Waals surface area contributed by atoms with Crippen LogP contribution < -0.4 is 19.9 Å². The standard InChI is InChI=1S/C44H52N10O5/c1-27-23-53(39-22-37(45-26-46-39)41-35-21-32(59-31-3-4-31)5-7-36(35)48-49-41)19-18-52(27)25-29-10-14-50(15-11-29)24-28-12-16-51(17-13-28)30-2-6-33-34(20-30)44(58)54(43(33)57)38-8-9-40(55)47-42(38)56/h2,5-7,20-22,26-29,31,38H,3-4,8-19,23-25H2,1H3,(H,48,49)(H,47,55,56)/t27-,38?/m0/s1. The molecule has 0 spiro atoms. The number of aromatic amines is 1. The molecule has 10 rings (SSSR count). The summed E-state index contributed by atoms with van der Waals surface area (Å²) in [5.74, 6) is 1.27. The molecule has 2 aromatic heterocycles. The van der Waals surface area contributed by atoms with Crippen LogP contribution in [0.2, 0.25) is 0 Å². The number of nitrogens with one attached hydrogen (secondary N) is 2. The molecule has 308 valence electrons. The summed E-state index contributed by atoms with van der Waals surface area (Å²) in [5, 5.41) is 11.1. The molecule has 1 saturated carbocycles. The van der Waals surface area contributed by atoms with Crippen molar-refractivity contribution in [2.75, 3.05) is 68.7 Å². The van der Waals surface area contributed by atoms with E-state index in [0.29, 0.717) is 35.1 Å². The first kappa shape index (κ1) is 37.8. The molecule has 4 amide bonds. The summed E-state index contributed by atoms with van der Waals surface area (Å²) in [7, 11) is 0. The zero-order chi connectivity index (χ0) is 40.2. The molecule has 0 radical (unpaired) electrons. The predicted octanol–water partition coefficient (Wildman–Crippen LogP) is 4.10. The Morgan fingerprint density at radius 1 is 0.763 bits per heavy atom. The number of carbonyl (C=O) groups is 4. The second-order valence-corrected chi connectivity index (χ2v) is 17.5. The Morgan fingerprint density at radius 2 is 1.54 bits per heavy atom. The summed E-state index contributed by atoms with van der Waals surface area (Å²) in [4.78, 5) is 71.0. The lowest BCUT2D eigenvalue weighted by atomic mass is 9.92. The van der Waals surface area contributed by atoms with Gasteiger partial charge in [0.1, 0.15) is 29.6 Å². The van der Waals surface area contributed by atoms with Gasteiger partial charge in [0.15, 0.2) is 0 Å². The van der Waals surface area contributed by atoms with Crippen molar-refractivity contribution in [1.82, 2.24) is 40.2 Å². The number of imide groups is 2. The van der Waals surface area contributed by atoms with Gasteiger partial charge in [0.2, 0.25) is 11.8 Å². The maximum absolute atomic E-state index is 13.4. The molecule has 4 saturated heterocycles. The highest BCUT2D eigenvalue weighted by Crippen LogP contribution is 2.35. The van der Waals surface area contributed by atoms with E-state index >= 15 is 0 Å². The van der Waals surface area contributed by atoms with Crippen LogP contribution in [0.1, 0.15) is 79.0 Å². The number of carbonyl (C=O) groups excluding carboxylic acids is 4. The second-order valence-electron chi connectivity index (χ2n) is 17.5. The van der Waals surface area contributed by atoms with Crippen LogP contribution in [-0.4, -0.2) is 136 Å². The van der Waals surface area contributed by atoms with Crippen molar-refractivity contribution < 1.29 is 23.9 Å². The highest BCUT2D eigenvalue weighted by Gasteiger charge is 2.45. The van der Waals surface area contributed by atoms with Crippen LogP contribution in [0.4, 0.5) is 11.5 Å². The average molecular weight is 801 g/mol. The average Bonchev–Trinajstić information content (AvgIpc) is 3.91. The summed E-state index contributed by atoms with van der Waals surface area (Å²) in [5.41, 5.74) is 4.20. The SMILES string of the molecule is C[C@H]1CN(c2cc(-c3n[nH]c4ccc(OC5CC5)cc34)ncn2)CCN1CC1CCN(CC2CCN(c3ccc4c(c3)C(=O)N(C3CCC(=O)NC3=O)C4=O)CC2)CC1. The third-order valence-electron chi connectivity index (χ3n) is 13.5. The molecule has 59 heavy (non-hydrogen) atoms. The van der Waals surface area contributed by atoms with E-state index in [0.717, 1.165) is 129 Å². The molecule has 7 heterocycles. The number of piperazine rings is 1. The highest BCUT2D eigenvalue weighted by molar-refractivity contribution is 6.23. The van der Waals surface area contributed by atoms with E-state index in [1.54, 1.807) is 12.4 Å². The van der Waals surface area contributed by atoms with Crippen LogP contribution in [0.25, 0.3) is 22.3 Å². The Hall–Kier alpha value is -5.41. The number of H-pyrrole nitrogens is 1. The van der Waals surface area contributed by atoms with Crippen LogP contribution in [0.5, 0.6) is 5.75 Å². The molecule has 1 unspecified atom stereocenters. The van der Waals surface area contributed by atoms with Crippen LogP contribution in [-0.2, 0) is 9.59 Å². The Balaban J connectivity index is 0.676. The van der Waals surface area contributed by atoms with Gasteiger partial charge < -0.3 is 19.4 Å². The first-order valence-corrected chi connectivity index (χ1v) is 21.5. The number of aromatic nitrogens is 4. The Kier molecular flexibility index (Phi) is 10.0. The largest absolute Gasteiger partial charge is 0.490 e. The monoisotopic (exact) mass is 800 g/mol. The fourth-order valence-electron chi connectivity index (χ4n) is 9.84. The second kappa shape index (κ2) is 15.6. The zero-order valence-electron chi connectivity index (χ0n) is 33.6. The van der Waals surface area contributed by atoms with Crippen LogP contribution in [0, 0.1) is 11.8 Å². The van der Waals surface area contributed by atoms with E-state index in [-0.39, 0.29) is 18.7 Å². The minimum atomic E-state index is -0.952. The molecule has 2 atom stereocenters. The number of nitrogens with zero attached hydrogens (tertiary/aromatic N) is 8. The van der Waals surface area contributed by atoms with E-state index in [2.05, 4.69) is 64.1 Å². The smallest absolute Gasteiger partial charge is 0.262 e. The maximum Gasteiger partial charge on any atom is 0.262 e. The molecule has 5 fully saturated rings. The quantitative estimate of drug-likeness (QED) is 0.222. The lowest BCUT2D eigenvalue weighted by Crippen LogP contribution is -2.54. The van der Waals surface area contributed by atoms with Gasteiger partial charge in [0.05, 0.1) is 28.4 Å². The number of ether oxygens (including phenoxy) is 1. The molecule has 0 bridgehead atoms. The van der Waals surface area contributed by atoms with E-state index in [4.69, 9.17) is 4.74 Å². The molecule has 1 aliphatic carbocycles. The minimum Gasteiger partial charge on any atom is -0.490 e. The van der Waals surface area contributed by atoms with Gasteiger partial charge in [-0.3, -0.25) is 39.4 Å². The van der Waals surface area contributed by atoms with Gasteiger partial charge in [-0.05, 0) is 113 Å². The van der Waals surface area contributed by atoms with Crippen LogP contribution in [0.3, 0.4) is 0 Å². The number of amides is 4. The van der Waals surface area contributed by atoms with Crippen molar-refractivity contribution >= 4 is 46.0 Å². The third-order valence-corrected chi connectivity index (χ3v) is 13.5. The number of likely N-dealkylation sites (tertiary alicyclic amines) is 1. The number of piperidine rings is 3. The first-order chi connectivity index (χ1) is 28.7. The maximum atomic E-state index is 13.4. The molecule has 15 nitrogen and oxygen atoms in total. The third kappa shape index (κ3) is 7.66. The van der Waals surface area contributed by atoms with Crippen molar-refractivity contribution in [3.63, 3.8) is 0 Å². The molecular formula is C44H52N10O5. The molecule has 2 aromatic carbocycles. The summed E-state index contributed by atoms with van der Waals surface area (Å²) in [6.07, 6.45) is 9.12. The van der Waals surface area contributed by atoms with Crippen LogP contribution in [0.15, 0.2) is 48.8 Å². The van der Waals surface area contributed by atoms with E-state index in [1.807, 2.05) is 24.3 Å². The summed E-state index contributed by atoms with van der Waals surface area (Å²) < 4.78 is 6.05. The van der Waals surface area contributed by atoms with Crippen molar-refractivity contribution in [3.05, 3.63) is 59.9 Å². The zero-order valence-corrected chi connectivity index (χ0v) is 33.6. The number of benzene rings is 2. The number of anilines is 2. The van der Waals surface area contributed by atoms with E-state index in [9.17, 15) is 19.2 Å². The number of hydrogen-bond acceptors (Lipinski definition) is 12. The van der Waals surface area contributed by atoms with Crippen LogP contribution >= 0.6 is 0 Å². The summed E-state index contributed by atoms with van der Waals surface area (Å²) >= 11 is 0. The van der Waals surface area contributed by atoms with Gasteiger partial charge >= 0.3 is 0 Å². The molecule has 4 aromatic rings. The molecule has 15 heteroatoms. The van der Waals surface area contributed by atoms with Gasteiger partial charge in [-0.2, -0.15) is 5.10 Å². The highest BCUT2D eigenvalue weighted by atomic mass is 16.5. The topological polar surface area (TPSA) is 160 Å². The number of rotatable bonds is 10. The van der Waals surface area contributed by atoms with Crippen molar-refractivity contribution in [1.29, 1.82) is 0 Å². The predicted molar refractivity (Wildman–Crippen MR) is 221 cm³/mol. The van der Waals surface area contributed by atoms with Gasteiger partial charge in [0, 0.05) is 75.4 Å². The molecule has 2 N–H and O–H groups in total. The Labute approximate surface area is 343 Å². The number of hydrogen-bond donors (Lipinski definition) is 2. The lowest BCUT2D eigenvalue weighted by molar-refractivity contribution is -0.136. The lowest BCUT2D eigenvalue weighted by Gasteiger charge is -2.43.